The summed E-state index contributed by atoms with van der Waals surface area (Å²) in [6.07, 6.45) is 4.97. The molecular formula is C22H22N4O2. The lowest BCUT2D eigenvalue weighted by molar-refractivity contribution is 0.201. The van der Waals surface area contributed by atoms with Gasteiger partial charge in [0.25, 0.3) is 0 Å². The van der Waals surface area contributed by atoms with Gasteiger partial charge in [0.15, 0.2) is 0 Å². The van der Waals surface area contributed by atoms with Crippen LogP contribution < -0.4 is 15.4 Å². The zero-order valence-electron chi connectivity index (χ0n) is 15.6. The maximum absolute atomic E-state index is 8.80. The normalized spacial score (nSPS) is 12.3. The molecule has 6 nitrogen and oxygen atoms in total. The third kappa shape index (κ3) is 4.29. The van der Waals surface area contributed by atoms with E-state index in [9.17, 15) is 0 Å². The summed E-state index contributed by atoms with van der Waals surface area (Å²) in [6.45, 7) is 2.43. The number of anilines is 4. The number of allylic oxidation sites excluding steroid dienone is 1. The number of hydrogen-bond donors (Lipinski definition) is 3. The Hall–Kier alpha value is -3.38. The molecule has 3 aromatic rings. The fourth-order valence-electron chi connectivity index (χ4n) is 3.15. The molecule has 4 rings (SSSR count). The molecule has 0 atom stereocenters. The molecule has 0 radical (unpaired) electrons. The molecular weight excluding hydrogens is 352 g/mol. The Morgan fingerprint density at radius 1 is 1.04 bits per heavy atom. The largest absolute Gasteiger partial charge is 0.491 e. The molecule has 1 aliphatic rings. The van der Waals surface area contributed by atoms with E-state index in [0.717, 1.165) is 23.6 Å². The van der Waals surface area contributed by atoms with E-state index < -0.39 is 0 Å². The Balaban J connectivity index is 1.44. The van der Waals surface area contributed by atoms with E-state index in [1.54, 1.807) is 6.20 Å². The quantitative estimate of drug-likeness (QED) is 0.572. The smallest absolute Gasteiger partial charge is 0.229 e. The van der Waals surface area contributed by atoms with Gasteiger partial charge in [-0.3, -0.25) is 0 Å². The Labute approximate surface area is 163 Å². The lowest BCUT2D eigenvalue weighted by atomic mass is 10.1. The summed E-state index contributed by atoms with van der Waals surface area (Å²) in [5.41, 5.74) is 5.86. The van der Waals surface area contributed by atoms with E-state index >= 15 is 0 Å². The summed E-state index contributed by atoms with van der Waals surface area (Å²) in [5.74, 6) is 1.93. The molecule has 0 bridgehead atoms. The van der Waals surface area contributed by atoms with Gasteiger partial charge in [-0.05, 0) is 66.9 Å². The van der Waals surface area contributed by atoms with E-state index in [1.807, 2.05) is 30.3 Å². The van der Waals surface area contributed by atoms with E-state index in [-0.39, 0.29) is 13.2 Å². The topological polar surface area (TPSA) is 79.3 Å². The minimum Gasteiger partial charge on any atom is -0.491 e. The predicted octanol–water partition coefficient (Wildman–Crippen LogP) is 4.29. The first-order chi connectivity index (χ1) is 13.7. The van der Waals surface area contributed by atoms with Crippen LogP contribution >= 0.6 is 0 Å². The Bertz CT molecular complexity index is 1000. The number of aliphatic hydroxyl groups is 1. The van der Waals surface area contributed by atoms with E-state index in [1.165, 1.54) is 16.7 Å². The van der Waals surface area contributed by atoms with Gasteiger partial charge < -0.3 is 20.5 Å². The van der Waals surface area contributed by atoms with Gasteiger partial charge in [-0.2, -0.15) is 4.98 Å². The predicted molar refractivity (Wildman–Crippen MR) is 111 cm³/mol. The van der Waals surface area contributed by atoms with Crippen molar-refractivity contribution in [1.29, 1.82) is 0 Å². The first kappa shape index (κ1) is 18.0. The van der Waals surface area contributed by atoms with Crippen LogP contribution in [0.3, 0.4) is 0 Å². The molecule has 6 heteroatoms. The molecule has 0 spiro atoms. The van der Waals surface area contributed by atoms with Gasteiger partial charge in [-0.25, -0.2) is 4.98 Å². The third-order valence-electron chi connectivity index (χ3n) is 4.42. The monoisotopic (exact) mass is 374 g/mol. The van der Waals surface area contributed by atoms with Crippen LogP contribution in [-0.2, 0) is 6.42 Å². The molecule has 0 unspecified atom stereocenters. The summed E-state index contributed by atoms with van der Waals surface area (Å²) >= 11 is 0. The number of nitrogens with one attached hydrogen (secondary N) is 2. The van der Waals surface area contributed by atoms with Crippen molar-refractivity contribution < 1.29 is 9.84 Å². The van der Waals surface area contributed by atoms with Gasteiger partial charge in [0, 0.05) is 17.6 Å². The zero-order chi connectivity index (χ0) is 19.3. The van der Waals surface area contributed by atoms with Crippen LogP contribution in [0.15, 0.2) is 60.3 Å². The Morgan fingerprint density at radius 3 is 2.68 bits per heavy atom. The first-order valence-corrected chi connectivity index (χ1v) is 9.20. The number of benzene rings is 2. The summed E-state index contributed by atoms with van der Waals surface area (Å²) in [7, 11) is 0. The second kappa shape index (κ2) is 8.10. The molecule has 142 valence electrons. The van der Waals surface area contributed by atoms with E-state index in [4.69, 9.17) is 9.84 Å². The second-order valence-corrected chi connectivity index (χ2v) is 6.69. The number of fused-ring (bicyclic) bond motifs is 1. The minimum absolute atomic E-state index is 0.00620. The average molecular weight is 374 g/mol. The summed E-state index contributed by atoms with van der Waals surface area (Å²) in [5, 5.41) is 15.3. The average Bonchev–Trinajstić information content (AvgIpc) is 3.07. The summed E-state index contributed by atoms with van der Waals surface area (Å²) in [6, 6.07) is 15.6. The molecule has 0 aliphatic heterocycles. The highest BCUT2D eigenvalue weighted by Crippen LogP contribution is 2.28. The van der Waals surface area contributed by atoms with E-state index in [2.05, 4.69) is 51.8 Å². The molecule has 1 aliphatic carbocycles. The van der Waals surface area contributed by atoms with Crippen LogP contribution in [0.1, 0.15) is 18.1 Å². The van der Waals surface area contributed by atoms with Crippen molar-refractivity contribution in [1.82, 2.24) is 9.97 Å². The van der Waals surface area contributed by atoms with Gasteiger partial charge >= 0.3 is 0 Å². The highest BCUT2D eigenvalue weighted by molar-refractivity contribution is 5.70. The molecule has 0 amide bonds. The highest BCUT2D eigenvalue weighted by Gasteiger charge is 2.10. The third-order valence-corrected chi connectivity index (χ3v) is 4.42. The molecule has 0 fully saturated rings. The van der Waals surface area contributed by atoms with Gasteiger partial charge in [-0.1, -0.05) is 17.7 Å². The summed E-state index contributed by atoms with van der Waals surface area (Å²) in [4.78, 5) is 8.81. The van der Waals surface area contributed by atoms with Crippen molar-refractivity contribution >= 4 is 29.2 Å². The molecule has 0 saturated carbocycles. The van der Waals surface area contributed by atoms with E-state index in [0.29, 0.717) is 11.7 Å². The van der Waals surface area contributed by atoms with Crippen LogP contribution in [0, 0.1) is 0 Å². The standard InChI is InChI=1S/C22H22N4O2/c1-15-12-16-2-3-19(14-17(16)13-15)24-21-8-9-23-22(26-21)25-18-4-6-20(7-5-18)28-11-10-27/h2-9,13-14,27H,10-12H2,1H3,(H2,23,24,25,26). The van der Waals surface area contributed by atoms with Gasteiger partial charge in [0.2, 0.25) is 5.95 Å². The molecule has 0 saturated heterocycles. The van der Waals surface area contributed by atoms with Crippen LogP contribution in [-0.4, -0.2) is 28.3 Å². The van der Waals surface area contributed by atoms with Crippen molar-refractivity contribution in [2.24, 2.45) is 0 Å². The van der Waals surface area contributed by atoms with Gasteiger partial charge in [0.1, 0.15) is 18.2 Å². The van der Waals surface area contributed by atoms with Crippen LogP contribution in [0.5, 0.6) is 5.75 Å². The van der Waals surface area contributed by atoms with Crippen molar-refractivity contribution in [3.8, 4) is 5.75 Å². The number of aliphatic hydroxyl groups excluding tert-OH is 1. The van der Waals surface area contributed by atoms with Crippen molar-refractivity contribution in [3.05, 3.63) is 71.4 Å². The number of nitrogens with zero attached hydrogens (tertiary/aromatic N) is 2. The number of rotatable bonds is 7. The van der Waals surface area contributed by atoms with Crippen molar-refractivity contribution in [2.45, 2.75) is 13.3 Å². The minimum atomic E-state index is -0.00620. The maximum Gasteiger partial charge on any atom is 0.229 e. The molecule has 28 heavy (non-hydrogen) atoms. The lowest BCUT2D eigenvalue weighted by Crippen LogP contribution is -2.02. The Morgan fingerprint density at radius 2 is 1.86 bits per heavy atom. The number of aromatic nitrogens is 2. The molecule has 2 aromatic carbocycles. The lowest BCUT2D eigenvalue weighted by Gasteiger charge is -2.10. The van der Waals surface area contributed by atoms with Gasteiger partial charge in [0.05, 0.1) is 6.61 Å². The maximum atomic E-state index is 8.80. The van der Waals surface area contributed by atoms with Crippen LogP contribution in [0.4, 0.5) is 23.1 Å². The zero-order valence-corrected chi connectivity index (χ0v) is 15.6. The fourth-order valence-corrected chi connectivity index (χ4v) is 3.15. The molecule has 1 heterocycles. The number of hydrogen-bond acceptors (Lipinski definition) is 6. The second-order valence-electron chi connectivity index (χ2n) is 6.69. The van der Waals surface area contributed by atoms with Crippen molar-refractivity contribution in [2.75, 3.05) is 23.8 Å². The fraction of sp³-hybridized carbons (Fsp3) is 0.182. The van der Waals surface area contributed by atoms with Crippen LogP contribution in [0.25, 0.3) is 6.08 Å². The van der Waals surface area contributed by atoms with Crippen LogP contribution in [0.2, 0.25) is 0 Å². The molecule has 3 N–H and O–H groups in total. The summed E-state index contributed by atoms with van der Waals surface area (Å²) < 4.78 is 5.36. The van der Waals surface area contributed by atoms with Gasteiger partial charge in [-0.15, -0.1) is 0 Å². The molecule has 1 aromatic heterocycles. The SMILES string of the molecule is CC1=Cc2cc(Nc3ccnc(Nc4ccc(OCCO)cc4)n3)ccc2C1. The highest BCUT2D eigenvalue weighted by atomic mass is 16.5. The Kier molecular flexibility index (Phi) is 5.21. The van der Waals surface area contributed by atoms with Crippen molar-refractivity contribution in [3.63, 3.8) is 0 Å². The first-order valence-electron chi connectivity index (χ1n) is 9.20. The number of ether oxygens (including phenoxy) is 1.